The van der Waals surface area contributed by atoms with Crippen LogP contribution in [0, 0.1) is 0 Å². The smallest absolute Gasteiger partial charge is 0.343 e. The van der Waals surface area contributed by atoms with E-state index in [4.69, 9.17) is 18.6 Å². The molecule has 7 heteroatoms. The average molecular weight is 356 g/mol. The van der Waals surface area contributed by atoms with Gasteiger partial charge in [-0.15, -0.1) is 0 Å². The summed E-state index contributed by atoms with van der Waals surface area (Å²) in [7, 11) is 4.30. The Balaban J connectivity index is 2.44. The summed E-state index contributed by atoms with van der Waals surface area (Å²) < 4.78 is 21.7. The van der Waals surface area contributed by atoms with Crippen molar-refractivity contribution < 1.29 is 28.5 Å². The summed E-state index contributed by atoms with van der Waals surface area (Å²) in [5.41, 5.74) is -0.569. The van der Waals surface area contributed by atoms with E-state index in [2.05, 4.69) is 0 Å². The monoisotopic (exact) mass is 356 g/mol. The van der Waals surface area contributed by atoms with Gasteiger partial charge in [0.15, 0.2) is 22.8 Å². The van der Waals surface area contributed by atoms with Crippen molar-refractivity contribution in [2.45, 2.75) is 0 Å². The summed E-state index contributed by atoms with van der Waals surface area (Å²) in [6, 6.07) is 9.59. The maximum Gasteiger partial charge on any atom is 0.343 e. The molecule has 0 aliphatic rings. The minimum Gasteiger partial charge on any atom is -0.493 e. The van der Waals surface area contributed by atoms with Crippen LogP contribution in [0.3, 0.4) is 0 Å². The lowest BCUT2D eigenvalue weighted by molar-refractivity contribution is 0.0694. The fraction of sp³-hybridized carbons (Fsp3) is 0.158. The minimum atomic E-state index is -1.39. The number of carboxylic acids is 1. The number of ether oxygens (including phenoxy) is 3. The Labute approximate surface area is 148 Å². The molecule has 0 saturated carbocycles. The van der Waals surface area contributed by atoms with Gasteiger partial charge in [0.05, 0.1) is 32.3 Å². The highest BCUT2D eigenvalue weighted by molar-refractivity contribution is 5.99. The van der Waals surface area contributed by atoms with Gasteiger partial charge >= 0.3 is 5.97 Å². The standard InChI is InChI=1S/C19H16O7/c1-23-13-9-8-11(17(24-2)18(13)25-3)16-14(19(21)22)15(20)10-6-4-5-7-12(10)26-16/h4-9H,1-3H3,(H,21,22). The summed E-state index contributed by atoms with van der Waals surface area (Å²) in [6.07, 6.45) is 0. The van der Waals surface area contributed by atoms with Gasteiger partial charge in [-0.05, 0) is 24.3 Å². The lowest BCUT2D eigenvalue weighted by Crippen LogP contribution is -2.16. The van der Waals surface area contributed by atoms with Gasteiger partial charge in [0.25, 0.3) is 0 Å². The van der Waals surface area contributed by atoms with Crippen molar-refractivity contribution in [3.8, 4) is 28.6 Å². The van der Waals surface area contributed by atoms with Crippen molar-refractivity contribution >= 4 is 16.9 Å². The molecule has 0 bridgehead atoms. The van der Waals surface area contributed by atoms with Crippen LogP contribution in [0.5, 0.6) is 17.2 Å². The SMILES string of the molecule is COc1ccc(-c2oc3ccccc3c(=O)c2C(=O)O)c(OC)c1OC. The molecule has 0 unspecified atom stereocenters. The highest BCUT2D eigenvalue weighted by Crippen LogP contribution is 2.45. The van der Waals surface area contributed by atoms with Crippen LogP contribution < -0.4 is 19.6 Å². The first kappa shape index (κ1) is 17.3. The summed E-state index contributed by atoms with van der Waals surface area (Å²) in [5.74, 6) is -0.643. The molecule has 0 radical (unpaired) electrons. The van der Waals surface area contributed by atoms with Crippen LogP contribution in [-0.2, 0) is 0 Å². The first-order chi connectivity index (χ1) is 12.5. The molecule has 0 atom stereocenters. The van der Waals surface area contributed by atoms with Gasteiger partial charge in [-0.3, -0.25) is 4.79 Å². The Hall–Kier alpha value is -3.48. The number of carbonyl (C=O) groups is 1. The molecule has 1 N–H and O–H groups in total. The fourth-order valence-electron chi connectivity index (χ4n) is 2.81. The summed E-state index contributed by atoms with van der Waals surface area (Å²) in [5, 5.41) is 9.79. The van der Waals surface area contributed by atoms with Crippen LogP contribution in [0.25, 0.3) is 22.3 Å². The zero-order valence-electron chi connectivity index (χ0n) is 14.4. The summed E-state index contributed by atoms with van der Waals surface area (Å²) in [6.45, 7) is 0. The molecule has 1 heterocycles. The molecule has 0 amide bonds. The molecular formula is C19H16O7. The van der Waals surface area contributed by atoms with Crippen LogP contribution >= 0.6 is 0 Å². The number of carboxylic acid groups (broad SMARTS) is 1. The quantitative estimate of drug-likeness (QED) is 0.750. The summed E-state index contributed by atoms with van der Waals surface area (Å²) >= 11 is 0. The Morgan fingerprint density at radius 3 is 2.27 bits per heavy atom. The van der Waals surface area contributed by atoms with Gasteiger partial charge < -0.3 is 23.7 Å². The first-order valence-corrected chi connectivity index (χ1v) is 7.62. The topological polar surface area (TPSA) is 95.2 Å². The second-order valence-corrected chi connectivity index (χ2v) is 5.32. The molecule has 7 nitrogen and oxygen atoms in total. The third-order valence-electron chi connectivity index (χ3n) is 3.96. The van der Waals surface area contributed by atoms with Gasteiger partial charge in [-0.2, -0.15) is 0 Å². The predicted molar refractivity (Wildman–Crippen MR) is 94.5 cm³/mol. The Kier molecular flexibility index (Phi) is 4.53. The maximum absolute atomic E-state index is 12.7. The van der Waals surface area contributed by atoms with Gasteiger partial charge in [0.2, 0.25) is 11.2 Å². The molecule has 1 aromatic heterocycles. The highest BCUT2D eigenvalue weighted by Gasteiger charge is 2.26. The summed E-state index contributed by atoms with van der Waals surface area (Å²) in [4.78, 5) is 24.5. The van der Waals surface area contributed by atoms with Gasteiger partial charge in [-0.25, -0.2) is 4.79 Å². The van der Waals surface area contributed by atoms with E-state index in [9.17, 15) is 14.7 Å². The third-order valence-corrected chi connectivity index (χ3v) is 3.96. The largest absolute Gasteiger partial charge is 0.493 e. The van der Waals surface area contributed by atoms with Crippen LogP contribution in [0.15, 0.2) is 45.6 Å². The van der Waals surface area contributed by atoms with E-state index in [1.807, 2.05) is 0 Å². The third kappa shape index (κ3) is 2.63. The van der Waals surface area contributed by atoms with Crippen LogP contribution in [0.2, 0.25) is 0 Å². The normalized spacial score (nSPS) is 10.6. The van der Waals surface area contributed by atoms with E-state index >= 15 is 0 Å². The number of para-hydroxylation sites is 1. The van der Waals surface area contributed by atoms with E-state index in [1.165, 1.54) is 27.4 Å². The molecule has 3 aromatic rings. The van der Waals surface area contributed by atoms with E-state index in [0.29, 0.717) is 5.75 Å². The lowest BCUT2D eigenvalue weighted by Gasteiger charge is -2.16. The first-order valence-electron chi connectivity index (χ1n) is 7.62. The molecule has 0 saturated heterocycles. The van der Waals surface area contributed by atoms with Crippen molar-refractivity contribution in [1.29, 1.82) is 0 Å². The lowest BCUT2D eigenvalue weighted by atomic mass is 10.0. The number of benzene rings is 2. The molecule has 134 valence electrons. The molecule has 3 rings (SSSR count). The van der Waals surface area contributed by atoms with Gasteiger partial charge in [-0.1, -0.05) is 12.1 Å². The zero-order valence-corrected chi connectivity index (χ0v) is 14.4. The second-order valence-electron chi connectivity index (χ2n) is 5.32. The second kappa shape index (κ2) is 6.79. The number of fused-ring (bicyclic) bond motifs is 1. The molecule has 26 heavy (non-hydrogen) atoms. The van der Waals surface area contributed by atoms with Crippen LogP contribution in [0.1, 0.15) is 10.4 Å². The fourth-order valence-corrected chi connectivity index (χ4v) is 2.81. The van der Waals surface area contributed by atoms with Gasteiger partial charge in [0.1, 0.15) is 5.58 Å². The Morgan fingerprint density at radius 1 is 0.962 bits per heavy atom. The molecular weight excluding hydrogens is 340 g/mol. The van der Waals surface area contributed by atoms with Crippen molar-refractivity contribution in [2.24, 2.45) is 0 Å². The maximum atomic E-state index is 12.7. The van der Waals surface area contributed by atoms with Crippen molar-refractivity contribution in [3.63, 3.8) is 0 Å². The molecule has 0 aliphatic carbocycles. The Bertz CT molecular complexity index is 1050. The van der Waals surface area contributed by atoms with Crippen molar-refractivity contribution in [2.75, 3.05) is 21.3 Å². The average Bonchev–Trinajstić information content (AvgIpc) is 2.66. The number of hydrogen-bond donors (Lipinski definition) is 1. The van der Waals surface area contributed by atoms with Crippen molar-refractivity contribution in [1.82, 2.24) is 0 Å². The van der Waals surface area contributed by atoms with E-state index in [1.54, 1.807) is 30.3 Å². The number of methoxy groups -OCH3 is 3. The highest BCUT2D eigenvalue weighted by atomic mass is 16.5. The van der Waals surface area contributed by atoms with E-state index in [0.717, 1.165) is 0 Å². The number of hydrogen-bond acceptors (Lipinski definition) is 6. The van der Waals surface area contributed by atoms with Crippen LogP contribution in [-0.4, -0.2) is 32.4 Å². The van der Waals surface area contributed by atoms with E-state index in [-0.39, 0.29) is 33.8 Å². The Morgan fingerprint density at radius 2 is 1.65 bits per heavy atom. The van der Waals surface area contributed by atoms with Crippen LogP contribution in [0.4, 0.5) is 0 Å². The number of rotatable bonds is 5. The van der Waals surface area contributed by atoms with Gasteiger partial charge in [0, 0.05) is 0 Å². The zero-order chi connectivity index (χ0) is 18.8. The molecule has 0 spiro atoms. The molecule has 0 fully saturated rings. The van der Waals surface area contributed by atoms with E-state index < -0.39 is 17.0 Å². The molecule has 2 aromatic carbocycles. The number of aromatic carboxylic acids is 1. The molecule has 0 aliphatic heterocycles. The predicted octanol–water partition coefficient (Wildman–Crippen LogP) is 3.18. The van der Waals surface area contributed by atoms with Crippen molar-refractivity contribution in [3.05, 3.63) is 52.2 Å². The minimum absolute atomic E-state index is 0.112.